The van der Waals surface area contributed by atoms with Gasteiger partial charge in [-0.2, -0.15) is 0 Å². The Morgan fingerprint density at radius 2 is 1.71 bits per heavy atom. The number of hydrogen-bond donors (Lipinski definition) is 2. The highest BCUT2D eigenvalue weighted by atomic mass is 16.1. The molecule has 0 aliphatic carbocycles. The van der Waals surface area contributed by atoms with Gasteiger partial charge in [0.25, 0.3) is 5.91 Å². The van der Waals surface area contributed by atoms with E-state index in [2.05, 4.69) is 10.3 Å². The summed E-state index contributed by atoms with van der Waals surface area (Å²) in [6, 6.07) is 11.3. The summed E-state index contributed by atoms with van der Waals surface area (Å²) in [5.41, 5.74) is 8.15. The molecule has 1 amide bonds. The molecule has 2 aromatic rings. The number of amides is 1. The van der Waals surface area contributed by atoms with Crippen LogP contribution < -0.4 is 11.1 Å². The Morgan fingerprint density at radius 1 is 1.00 bits per heavy atom. The summed E-state index contributed by atoms with van der Waals surface area (Å²) in [6.45, 7) is 0.758. The van der Waals surface area contributed by atoms with E-state index in [1.807, 2.05) is 24.3 Å². The number of nitrogens with one attached hydrogen (secondary N) is 1. The predicted molar refractivity (Wildman–Crippen MR) is 85.2 cm³/mol. The van der Waals surface area contributed by atoms with Gasteiger partial charge in [-0.3, -0.25) is 9.78 Å². The first-order valence-corrected chi connectivity index (χ1v) is 7.30. The van der Waals surface area contributed by atoms with Crippen molar-refractivity contribution in [2.75, 3.05) is 11.9 Å². The summed E-state index contributed by atoms with van der Waals surface area (Å²) in [6.07, 6.45) is 7.71. The summed E-state index contributed by atoms with van der Waals surface area (Å²) in [5, 5.41) is 2.84. The molecule has 0 atom stereocenters. The fraction of sp³-hybridized carbons (Fsp3) is 0.294. The molecule has 2 rings (SSSR count). The molecule has 4 nitrogen and oxygen atoms in total. The molecule has 1 heterocycles. The monoisotopic (exact) mass is 283 g/mol. The van der Waals surface area contributed by atoms with Gasteiger partial charge in [-0.1, -0.05) is 18.6 Å². The first-order valence-electron chi connectivity index (χ1n) is 7.30. The minimum Gasteiger partial charge on any atom is -0.330 e. The lowest BCUT2D eigenvalue weighted by Crippen LogP contribution is -2.11. The third-order valence-corrected chi connectivity index (χ3v) is 3.32. The van der Waals surface area contributed by atoms with E-state index >= 15 is 0 Å². The second-order valence-corrected chi connectivity index (χ2v) is 4.99. The molecule has 0 aliphatic rings. The number of aromatic nitrogens is 1. The Balaban J connectivity index is 1.88. The highest BCUT2D eigenvalue weighted by Gasteiger charge is 2.05. The molecule has 1 aromatic heterocycles. The minimum atomic E-state index is -0.101. The second-order valence-electron chi connectivity index (χ2n) is 4.99. The zero-order valence-corrected chi connectivity index (χ0v) is 12.1. The molecule has 0 unspecified atom stereocenters. The van der Waals surface area contributed by atoms with Crippen LogP contribution in [0.4, 0.5) is 5.69 Å². The van der Waals surface area contributed by atoms with Crippen molar-refractivity contribution in [1.82, 2.24) is 4.98 Å². The molecular formula is C17H21N3O. The smallest absolute Gasteiger partial charge is 0.255 e. The Hall–Kier alpha value is -2.20. The van der Waals surface area contributed by atoms with E-state index in [0.717, 1.165) is 37.9 Å². The molecule has 0 spiro atoms. The lowest BCUT2D eigenvalue weighted by atomic mass is 10.0. The second kappa shape index (κ2) is 8.17. The predicted octanol–water partition coefficient (Wildman–Crippen LogP) is 3.01. The number of aryl methyl sites for hydroxylation is 1. The van der Waals surface area contributed by atoms with Crippen molar-refractivity contribution in [3.63, 3.8) is 0 Å². The maximum atomic E-state index is 12.1. The van der Waals surface area contributed by atoms with Gasteiger partial charge >= 0.3 is 0 Å². The van der Waals surface area contributed by atoms with Gasteiger partial charge < -0.3 is 11.1 Å². The van der Waals surface area contributed by atoms with E-state index in [1.54, 1.807) is 24.5 Å². The number of unbranched alkanes of at least 4 members (excludes halogenated alkanes) is 2. The van der Waals surface area contributed by atoms with Crippen molar-refractivity contribution >= 4 is 11.6 Å². The minimum absolute atomic E-state index is 0.101. The first-order chi connectivity index (χ1) is 10.3. The van der Waals surface area contributed by atoms with Gasteiger partial charge in [0.2, 0.25) is 0 Å². The highest BCUT2D eigenvalue weighted by molar-refractivity contribution is 6.04. The number of benzene rings is 1. The van der Waals surface area contributed by atoms with Gasteiger partial charge in [-0.15, -0.1) is 0 Å². The molecule has 1 aromatic carbocycles. The third-order valence-electron chi connectivity index (χ3n) is 3.32. The van der Waals surface area contributed by atoms with Crippen molar-refractivity contribution in [3.8, 4) is 0 Å². The van der Waals surface area contributed by atoms with Gasteiger partial charge in [0.15, 0.2) is 0 Å². The SMILES string of the molecule is NCCCCCc1ccc(C(=O)Nc2ccncc2)cc1. The summed E-state index contributed by atoms with van der Waals surface area (Å²) < 4.78 is 0. The van der Waals surface area contributed by atoms with E-state index in [-0.39, 0.29) is 5.91 Å². The molecule has 0 aliphatic heterocycles. The van der Waals surface area contributed by atoms with E-state index in [4.69, 9.17) is 5.73 Å². The van der Waals surface area contributed by atoms with Crippen molar-refractivity contribution in [2.45, 2.75) is 25.7 Å². The van der Waals surface area contributed by atoms with Gasteiger partial charge in [0, 0.05) is 23.6 Å². The van der Waals surface area contributed by atoms with Crippen LogP contribution in [-0.4, -0.2) is 17.4 Å². The van der Waals surface area contributed by atoms with Crippen molar-refractivity contribution in [1.29, 1.82) is 0 Å². The number of rotatable bonds is 7. The molecular weight excluding hydrogens is 262 g/mol. The van der Waals surface area contributed by atoms with E-state index in [1.165, 1.54) is 5.56 Å². The normalized spacial score (nSPS) is 10.3. The van der Waals surface area contributed by atoms with Crippen LogP contribution in [0.1, 0.15) is 35.2 Å². The molecule has 0 bridgehead atoms. The third kappa shape index (κ3) is 5.00. The van der Waals surface area contributed by atoms with Crippen LogP contribution in [0.5, 0.6) is 0 Å². The lowest BCUT2D eigenvalue weighted by molar-refractivity contribution is 0.102. The van der Waals surface area contributed by atoms with Crippen LogP contribution >= 0.6 is 0 Å². The number of anilines is 1. The highest BCUT2D eigenvalue weighted by Crippen LogP contribution is 2.11. The average molecular weight is 283 g/mol. The van der Waals surface area contributed by atoms with Crippen molar-refractivity contribution < 1.29 is 4.79 Å². The van der Waals surface area contributed by atoms with Crippen LogP contribution in [0.2, 0.25) is 0 Å². The number of hydrogen-bond acceptors (Lipinski definition) is 3. The average Bonchev–Trinajstić information content (AvgIpc) is 2.53. The Morgan fingerprint density at radius 3 is 2.38 bits per heavy atom. The largest absolute Gasteiger partial charge is 0.330 e. The van der Waals surface area contributed by atoms with Crippen LogP contribution in [-0.2, 0) is 6.42 Å². The maximum absolute atomic E-state index is 12.1. The zero-order chi connectivity index (χ0) is 14.9. The molecule has 0 saturated heterocycles. The Labute approximate surface area is 125 Å². The number of nitrogens with zero attached hydrogens (tertiary/aromatic N) is 1. The number of pyridine rings is 1. The van der Waals surface area contributed by atoms with Gasteiger partial charge in [0.1, 0.15) is 0 Å². The molecule has 4 heteroatoms. The Bertz CT molecular complexity index is 552. The van der Waals surface area contributed by atoms with Crippen molar-refractivity contribution in [3.05, 3.63) is 59.9 Å². The fourth-order valence-electron chi connectivity index (χ4n) is 2.11. The Kier molecular flexibility index (Phi) is 5.91. The van der Waals surface area contributed by atoms with Gasteiger partial charge in [-0.05, 0) is 55.6 Å². The number of carbonyl (C=O) groups excluding carboxylic acids is 1. The topological polar surface area (TPSA) is 68.0 Å². The molecule has 21 heavy (non-hydrogen) atoms. The maximum Gasteiger partial charge on any atom is 0.255 e. The van der Waals surface area contributed by atoms with Crippen molar-refractivity contribution in [2.24, 2.45) is 5.73 Å². The summed E-state index contributed by atoms with van der Waals surface area (Å²) in [4.78, 5) is 16.0. The molecule has 110 valence electrons. The molecule has 3 N–H and O–H groups in total. The van der Waals surface area contributed by atoms with Gasteiger partial charge in [0.05, 0.1) is 0 Å². The number of carbonyl (C=O) groups is 1. The van der Waals surface area contributed by atoms with Crippen LogP contribution in [0.3, 0.4) is 0 Å². The lowest BCUT2D eigenvalue weighted by Gasteiger charge is -2.06. The van der Waals surface area contributed by atoms with Crippen LogP contribution in [0, 0.1) is 0 Å². The summed E-state index contributed by atoms with van der Waals surface area (Å²) in [5.74, 6) is -0.101. The molecule has 0 saturated carbocycles. The van der Waals surface area contributed by atoms with Crippen LogP contribution in [0.25, 0.3) is 0 Å². The number of nitrogens with two attached hydrogens (primary N) is 1. The quantitative estimate of drug-likeness (QED) is 0.767. The summed E-state index contributed by atoms with van der Waals surface area (Å²) in [7, 11) is 0. The van der Waals surface area contributed by atoms with Gasteiger partial charge in [-0.25, -0.2) is 0 Å². The van der Waals surface area contributed by atoms with Crippen LogP contribution in [0.15, 0.2) is 48.8 Å². The van der Waals surface area contributed by atoms with E-state index in [9.17, 15) is 4.79 Å². The van der Waals surface area contributed by atoms with E-state index < -0.39 is 0 Å². The summed E-state index contributed by atoms with van der Waals surface area (Å²) >= 11 is 0. The van der Waals surface area contributed by atoms with E-state index in [0.29, 0.717) is 5.56 Å². The fourth-order valence-corrected chi connectivity index (χ4v) is 2.11. The first kappa shape index (κ1) is 15.2. The zero-order valence-electron chi connectivity index (χ0n) is 12.1. The molecule has 0 fully saturated rings. The molecule has 0 radical (unpaired) electrons. The standard InChI is InChI=1S/C17H21N3O/c18-11-3-1-2-4-14-5-7-15(8-6-14)17(21)20-16-9-12-19-13-10-16/h5-10,12-13H,1-4,11,18H2,(H,19,20,21).